The van der Waals surface area contributed by atoms with E-state index in [0.717, 1.165) is 10.4 Å². The molecule has 1 atom stereocenters. The summed E-state index contributed by atoms with van der Waals surface area (Å²) < 4.78 is 15.5. The molecule has 1 aromatic carbocycles. The molecule has 32 heavy (non-hydrogen) atoms. The third-order valence-electron chi connectivity index (χ3n) is 4.94. The topological polar surface area (TPSA) is 108 Å². The van der Waals surface area contributed by atoms with E-state index >= 15 is 0 Å². The highest BCUT2D eigenvalue weighted by atomic mass is 32.2. The number of carbonyl (C=O) groups is 2. The molecule has 0 fully saturated rings. The Morgan fingerprint density at radius 1 is 1.22 bits per heavy atom. The Morgan fingerprint density at radius 2 is 1.97 bits per heavy atom. The zero-order valence-corrected chi connectivity index (χ0v) is 20.1. The number of ether oxygens (including phenoxy) is 3. The number of H-pyrrole nitrogens is 1. The van der Waals surface area contributed by atoms with E-state index in [1.807, 2.05) is 13.8 Å². The maximum Gasteiger partial charge on any atom is 0.319 e. The van der Waals surface area contributed by atoms with Crippen LogP contribution in [0.1, 0.15) is 33.5 Å². The van der Waals surface area contributed by atoms with Gasteiger partial charge in [-0.3, -0.25) is 14.4 Å². The van der Waals surface area contributed by atoms with Crippen LogP contribution in [0, 0.1) is 13.8 Å². The molecule has 0 saturated carbocycles. The average molecular weight is 477 g/mol. The van der Waals surface area contributed by atoms with Crippen LogP contribution in [0.5, 0.6) is 11.5 Å². The van der Waals surface area contributed by atoms with Gasteiger partial charge in [0.2, 0.25) is 5.78 Å². The van der Waals surface area contributed by atoms with Crippen molar-refractivity contribution in [3.63, 3.8) is 0 Å². The van der Waals surface area contributed by atoms with Gasteiger partial charge in [-0.05, 0) is 38.5 Å². The first-order chi connectivity index (χ1) is 15.2. The van der Waals surface area contributed by atoms with Crippen LogP contribution in [-0.2, 0) is 15.3 Å². The molecule has 3 aromatic rings. The number of Topliss-reactive ketones (excluding diaryl/α,β-unsaturated/α-hetero) is 1. The van der Waals surface area contributed by atoms with Gasteiger partial charge in [-0.1, -0.05) is 0 Å². The summed E-state index contributed by atoms with van der Waals surface area (Å²) in [5.74, 6) is 0.817. The van der Waals surface area contributed by atoms with Crippen LogP contribution >= 0.6 is 23.1 Å². The molecule has 0 saturated heterocycles. The van der Waals surface area contributed by atoms with E-state index in [1.54, 1.807) is 25.1 Å². The number of benzene rings is 1. The first-order valence-electron chi connectivity index (χ1n) is 9.77. The van der Waals surface area contributed by atoms with Crippen molar-refractivity contribution in [1.82, 2.24) is 9.97 Å². The molecule has 2 heterocycles. The Morgan fingerprint density at radius 3 is 2.66 bits per heavy atom. The van der Waals surface area contributed by atoms with Crippen molar-refractivity contribution in [2.75, 3.05) is 20.8 Å². The Balaban J connectivity index is 1.58. The standard InChI is InChI=1S/C22H24N2O6S2/c1-11-12(2)32-21-19(11)20(26)23-18(24-21)10-31-13(3)22(27)30-9-16(25)15-7-6-14(28-4)8-17(15)29-5/h6-8,13H,9-10H2,1-5H3,(H,23,24,26)/t13-/m0/s1. The van der Waals surface area contributed by atoms with Gasteiger partial charge < -0.3 is 19.2 Å². The summed E-state index contributed by atoms with van der Waals surface area (Å²) in [4.78, 5) is 46.2. The molecule has 0 aliphatic rings. The Kier molecular flexibility index (Phi) is 7.57. The second-order valence-electron chi connectivity index (χ2n) is 7.03. The lowest BCUT2D eigenvalue weighted by Crippen LogP contribution is -2.22. The summed E-state index contributed by atoms with van der Waals surface area (Å²) in [5, 5.41) is 0.0644. The lowest BCUT2D eigenvalue weighted by atomic mass is 10.1. The molecule has 1 N–H and O–H groups in total. The van der Waals surface area contributed by atoms with Crippen molar-refractivity contribution in [2.45, 2.75) is 31.8 Å². The van der Waals surface area contributed by atoms with Crippen LogP contribution in [0.3, 0.4) is 0 Å². The van der Waals surface area contributed by atoms with Crippen LogP contribution in [0.25, 0.3) is 10.2 Å². The Bertz CT molecular complexity index is 1220. The predicted octanol–water partition coefficient (Wildman–Crippen LogP) is 3.67. The van der Waals surface area contributed by atoms with E-state index in [9.17, 15) is 14.4 Å². The predicted molar refractivity (Wildman–Crippen MR) is 125 cm³/mol. The van der Waals surface area contributed by atoms with Gasteiger partial charge in [0.1, 0.15) is 27.4 Å². The average Bonchev–Trinajstić information content (AvgIpc) is 3.08. The van der Waals surface area contributed by atoms with E-state index in [0.29, 0.717) is 38.9 Å². The molecule has 0 amide bonds. The molecule has 0 spiro atoms. The van der Waals surface area contributed by atoms with E-state index in [1.165, 1.54) is 37.3 Å². The smallest absolute Gasteiger partial charge is 0.319 e. The fraction of sp³-hybridized carbons (Fsp3) is 0.364. The van der Waals surface area contributed by atoms with Gasteiger partial charge in [0.15, 0.2) is 6.61 Å². The van der Waals surface area contributed by atoms with E-state index in [4.69, 9.17) is 14.2 Å². The molecule has 3 rings (SSSR count). The normalized spacial score (nSPS) is 11.9. The summed E-state index contributed by atoms with van der Waals surface area (Å²) in [6.45, 7) is 5.14. The molecular weight excluding hydrogens is 452 g/mol. The van der Waals surface area contributed by atoms with Gasteiger partial charge in [-0.25, -0.2) is 4.98 Å². The minimum atomic E-state index is -0.548. The van der Waals surface area contributed by atoms with Crippen molar-refractivity contribution in [2.24, 2.45) is 0 Å². The molecule has 0 aliphatic carbocycles. The van der Waals surface area contributed by atoms with Crippen LogP contribution in [-0.4, -0.2) is 47.8 Å². The number of aromatic nitrogens is 2. The van der Waals surface area contributed by atoms with Crippen LogP contribution in [0.2, 0.25) is 0 Å². The third kappa shape index (κ3) is 5.13. The monoisotopic (exact) mass is 476 g/mol. The van der Waals surface area contributed by atoms with Gasteiger partial charge in [0, 0.05) is 10.9 Å². The molecule has 2 aromatic heterocycles. The highest BCUT2D eigenvalue weighted by Gasteiger charge is 2.20. The molecule has 0 bridgehead atoms. The second kappa shape index (κ2) is 10.2. The van der Waals surface area contributed by atoms with Gasteiger partial charge in [-0.2, -0.15) is 0 Å². The largest absolute Gasteiger partial charge is 0.497 e. The van der Waals surface area contributed by atoms with Gasteiger partial charge >= 0.3 is 5.97 Å². The fourth-order valence-corrected chi connectivity index (χ4v) is 4.80. The van der Waals surface area contributed by atoms with Gasteiger partial charge in [0.25, 0.3) is 5.56 Å². The summed E-state index contributed by atoms with van der Waals surface area (Å²) in [6.07, 6.45) is 0. The van der Waals surface area contributed by atoms with E-state index in [-0.39, 0.29) is 11.3 Å². The number of hydrogen-bond acceptors (Lipinski definition) is 9. The number of ketones is 1. The number of hydrogen-bond donors (Lipinski definition) is 1. The van der Waals surface area contributed by atoms with Gasteiger partial charge in [0.05, 0.1) is 30.9 Å². The third-order valence-corrected chi connectivity index (χ3v) is 7.18. The lowest BCUT2D eigenvalue weighted by Gasteiger charge is -2.12. The molecule has 0 radical (unpaired) electrons. The zero-order chi connectivity index (χ0) is 23.4. The lowest BCUT2D eigenvalue weighted by molar-refractivity contribution is -0.141. The Labute approximate surface area is 193 Å². The number of nitrogens with zero attached hydrogens (tertiary/aromatic N) is 1. The molecule has 0 aliphatic heterocycles. The fourth-order valence-electron chi connectivity index (χ4n) is 3.00. The number of esters is 1. The first-order valence-corrected chi connectivity index (χ1v) is 11.6. The summed E-state index contributed by atoms with van der Waals surface area (Å²) in [5.41, 5.74) is 1.06. The number of aryl methyl sites for hydroxylation is 2. The van der Waals surface area contributed by atoms with Crippen LogP contribution in [0.15, 0.2) is 23.0 Å². The maximum atomic E-state index is 12.5. The number of aromatic amines is 1. The Hall–Kier alpha value is -2.85. The number of nitrogens with one attached hydrogen (secondary N) is 1. The zero-order valence-electron chi connectivity index (χ0n) is 18.4. The minimum Gasteiger partial charge on any atom is -0.497 e. The molecular formula is C22H24N2O6S2. The molecule has 10 heteroatoms. The summed E-state index contributed by atoms with van der Waals surface area (Å²) in [6, 6.07) is 4.80. The molecule has 8 nitrogen and oxygen atoms in total. The van der Waals surface area contributed by atoms with Crippen molar-refractivity contribution in [3.05, 3.63) is 50.4 Å². The van der Waals surface area contributed by atoms with Crippen molar-refractivity contribution in [3.8, 4) is 11.5 Å². The minimum absolute atomic E-state index is 0.179. The number of rotatable bonds is 9. The number of thiophene rings is 1. The summed E-state index contributed by atoms with van der Waals surface area (Å²) >= 11 is 2.75. The number of thioether (sulfide) groups is 1. The quantitative estimate of drug-likeness (QED) is 0.368. The number of methoxy groups -OCH3 is 2. The summed E-state index contributed by atoms with van der Waals surface area (Å²) in [7, 11) is 2.97. The van der Waals surface area contributed by atoms with Crippen LogP contribution < -0.4 is 15.0 Å². The van der Waals surface area contributed by atoms with Crippen molar-refractivity contribution in [1.29, 1.82) is 0 Å². The maximum absolute atomic E-state index is 12.5. The molecule has 0 unspecified atom stereocenters. The van der Waals surface area contributed by atoms with Crippen molar-refractivity contribution >= 4 is 45.1 Å². The highest BCUT2D eigenvalue weighted by molar-refractivity contribution is 7.99. The first kappa shape index (κ1) is 23.8. The van der Waals surface area contributed by atoms with Gasteiger partial charge in [-0.15, -0.1) is 23.1 Å². The highest BCUT2D eigenvalue weighted by Crippen LogP contribution is 2.27. The number of fused-ring (bicyclic) bond motifs is 1. The van der Waals surface area contributed by atoms with E-state index < -0.39 is 17.8 Å². The molecule has 170 valence electrons. The number of carbonyl (C=O) groups excluding carboxylic acids is 2. The second-order valence-corrected chi connectivity index (χ2v) is 9.56. The van der Waals surface area contributed by atoms with E-state index in [2.05, 4.69) is 9.97 Å². The van der Waals surface area contributed by atoms with Crippen LogP contribution in [0.4, 0.5) is 0 Å². The SMILES string of the molecule is COc1ccc(C(=O)COC(=O)[C@H](C)SCc2nc3sc(C)c(C)c3c(=O)[nH]2)c(OC)c1. The van der Waals surface area contributed by atoms with Crippen molar-refractivity contribution < 1.29 is 23.8 Å².